The molecule has 4 rings (SSSR count). The van der Waals surface area contributed by atoms with Crippen molar-refractivity contribution in [3.05, 3.63) is 80.9 Å². The predicted octanol–water partition coefficient (Wildman–Crippen LogP) is 5.59. The third-order valence-corrected chi connectivity index (χ3v) is 7.55. The van der Waals surface area contributed by atoms with Crippen molar-refractivity contribution in [3.63, 3.8) is 0 Å². The molecule has 2 unspecified atom stereocenters. The zero-order chi connectivity index (χ0) is 23.2. The van der Waals surface area contributed by atoms with Gasteiger partial charge in [0.1, 0.15) is 23.1 Å². The molecule has 3 N–H and O–H groups in total. The molecular formula is C21H15F4IN2O3S. The lowest BCUT2D eigenvalue weighted by molar-refractivity contribution is 0.468. The summed E-state index contributed by atoms with van der Waals surface area (Å²) in [6, 6.07) is 9.21. The van der Waals surface area contributed by atoms with Gasteiger partial charge in [-0.25, -0.2) is 26.0 Å². The van der Waals surface area contributed by atoms with Crippen LogP contribution in [0.5, 0.6) is 5.75 Å². The molecule has 1 aliphatic carbocycles. The van der Waals surface area contributed by atoms with Gasteiger partial charge in [0.2, 0.25) is 10.0 Å². The summed E-state index contributed by atoms with van der Waals surface area (Å²) in [6.45, 7) is 0. The Bertz CT molecular complexity index is 1320. The quantitative estimate of drug-likeness (QED) is 0.263. The van der Waals surface area contributed by atoms with Crippen molar-refractivity contribution in [1.29, 1.82) is 0 Å². The summed E-state index contributed by atoms with van der Waals surface area (Å²) in [5.74, 6) is -5.07. The van der Waals surface area contributed by atoms with E-state index in [1.807, 2.05) is 22.6 Å². The maximum atomic E-state index is 14.5. The summed E-state index contributed by atoms with van der Waals surface area (Å²) in [4.78, 5) is 0. The zero-order valence-electron chi connectivity index (χ0n) is 16.0. The number of hydrogen-bond donors (Lipinski definition) is 3. The maximum Gasteiger partial charge on any atom is 0.236 e. The normalized spacial score (nSPS) is 17.8. The van der Waals surface area contributed by atoms with Gasteiger partial charge in [0.25, 0.3) is 0 Å². The summed E-state index contributed by atoms with van der Waals surface area (Å²) < 4.78 is 85.1. The fourth-order valence-electron chi connectivity index (χ4n) is 3.37. The number of rotatable bonds is 6. The van der Waals surface area contributed by atoms with Gasteiger partial charge in [0.15, 0.2) is 11.6 Å². The fourth-order valence-corrected chi connectivity index (χ4v) is 5.49. The SMILES string of the molecule is O=S(=O)(Nc1ccc(F)c(F)c1Nc1ccc(I)cc1F)C1CC1c1ccc(O)cc1F. The third kappa shape index (κ3) is 4.49. The summed E-state index contributed by atoms with van der Waals surface area (Å²) in [5, 5.41) is 10.7. The molecule has 0 heterocycles. The summed E-state index contributed by atoms with van der Waals surface area (Å²) in [7, 11) is -4.13. The Kier molecular flexibility index (Phi) is 5.96. The van der Waals surface area contributed by atoms with Crippen LogP contribution in [-0.4, -0.2) is 18.8 Å². The molecule has 0 radical (unpaired) electrons. The van der Waals surface area contributed by atoms with E-state index in [4.69, 9.17) is 0 Å². The molecule has 1 saturated carbocycles. The van der Waals surface area contributed by atoms with Crippen LogP contribution in [-0.2, 0) is 10.0 Å². The minimum Gasteiger partial charge on any atom is -0.508 e. The van der Waals surface area contributed by atoms with Gasteiger partial charge in [0.05, 0.1) is 16.6 Å². The lowest BCUT2D eigenvalue weighted by atomic mass is 10.1. The number of aromatic hydroxyl groups is 1. The van der Waals surface area contributed by atoms with E-state index in [1.54, 1.807) is 0 Å². The smallest absolute Gasteiger partial charge is 0.236 e. The highest BCUT2D eigenvalue weighted by atomic mass is 127. The van der Waals surface area contributed by atoms with E-state index in [9.17, 15) is 31.1 Å². The van der Waals surface area contributed by atoms with E-state index < -0.39 is 50.1 Å². The Morgan fingerprint density at radius 3 is 2.31 bits per heavy atom. The van der Waals surface area contributed by atoms with Crippen LogP contribution in [0.3, 0.4) is 0 Å². The first-order valence-corrected chi connectivity index (χ1v) is 11.9. The number of phenols is 1. The van der Waals surface area contributed by atoms with E-state index in [0.29, 0.717) is 3.57 Å². The van der Waals surface area contributed by atoms with Gasteiger partial charge in [-0.15, -0.1) is 0 Å². The number of benzene rings is 3. The van der Waals surface area contributed by atoms with Crippen molar-refractivity contribution in [2.75, 3.05) is 10.0 Å². The molecule has 0 spiro atoms. The van der Waals surface area contributed by atoms with E-state index in [2.05, 4.69) is 10.0 Å². The Hall–Kier alpha value is -2.54. The highest BCUT2D eigenvalue weighted by Gasteiger charge is 2.49. The van der Waals surface area contributed by atoms with Crippen molar-refractivity contribution in [2.24, 2.45) is 0 Å². The molecule has 32 heavy (non-hydrogen) atoms. The molecular weight excluding hydrogens is 563 g/mol. The largest absolute Gasteiger partial charge is 0.508 e. The zero-order valence-corrected chi connectivity index (χ0v) is 19.0. The molecule has 0 aliphatic heterocycles. The number of halogens is 5. The number of phenolic OH excluding ortho intramolecular Hbond substituents is 1. The van der Waals surface area contributed by atoms with Crippen LogP contribution in [0.2, 0.25) is 0 Å². The van der Waals surface area contributed by atoms with Crippen LogP contribution in [0.4, 0.5) is 34.6 Å². The first-order chi connectivity index (χ1) is 15.1. The minimum absolute atomic E-state index is 0.106. The molecule has 3 aromatic carbocycles. The summed E-state index contributed by atoms with van der Waals surface area (Å²) >= 11 is 1.88. The molecule has 3 aromatic rings. The molecule has 168 valence electrons. The Balaban J connectivity index is 1.62. The molecule has 1 aliphatic rings. The highest BCUT2D eigenvalue weighted by Crippen LogP contribution is 2.48. The first-order valence-electron chi connectivity index (χ1n) is 9.27. The fraction of sp³-hybridized carbons (Fsp3) is 0.143. The van der Waals surface area contributed by atoms with Crippen molar-refractivity contribution < 1.29 is 31.1 Å². The molecule has 2 atom stereocenters. The number of hydrogen-bond acceptors (Lipinski definition) is 4. The lowest BCUT2D eigenvalue weighted by Gasteiger charge is -2.16. The third-order valence-electron chi connectivity index (χ3n) is 5.05. The number of sulfonamides is 1. The molecule has 0 bridgehead atoms. The lowest BCUT2D eigenvalue weighted by Crippen LogP contribution is -2.20. The Morgan fingerprint density at radius 1 is 0.906 bits per heavy atom. The van der Waals surface area contributed by atoms with E-state index in [0.717, 1.165) is 18.2 Å². The monoisotopic (exact) mass is 578 g/mol. The maximum absolute atomic E-state index is 14.5. The van der Waals surface area contributed by atoms with Gasteiger partial charge in [-0.1, -0.05) is 6.07 Å². The van der Waals surface area contributed by atoms with Crippen molar-refractivity contribution in [3.8, 4) is 5.75 Å². The second kappa shape index (κ2) is 8.43. The predicted molar refractivity (Wildman–Crippen MR) is 121 cm³/mol. The van der Waals surface area contributed by atoms with Crippen LogP contribution in [0.25, 0.3) is 0 Å². The number of anilines is 3. The van der Waals surface area contributed by atoms with Crippen molar-refractivity contribution in [1.82, 2.24) is 0 Å². The van der Waals surface area contributed by atoms with Gasteiger partial charge in [-0.3, -0.25) is 4.72 Å². The van der Waals surface area contributed by atoms with E-state index in [-0.39, 0.29) is 29.1 Å². The van der Waals surface area contributed by atoms with Crippen molar-refractivity contribution in [2.45, 2.75) is 17.6 Å². The molecule has 0 amide bonds. The van der Waals surface area contributed by atoms with Gasteiger partial charge in [-0.2, -0.15) is 0 Å². The van der Waals surface area contributed by atoms with E-state index >= 15 is 0 Å². The summed E-state index contributed by atoms with van der Waals surface area (Å²) in [6.07, 6.45) is 0.106. The van der Waals surface area contributed by atoms with Gasteiger partial charge < -0.3 is 10.4 Å². The van der Waals surface area contributed by atoms with Crippen molar-refractivity contribution >= 4 is 49.7 Å². The molecule has 5 nitrogen and oxygen atoms in total. The first kappa shape index (κ1) is 22.6. The van der Waals surface area contributed by atoms with Crippen LogP contribution in [0.1, 0.15) is 17.9 Å². The van der Waals surface area contributed by atoms with Gasteiger partial charge in [-0.05, 0) is 71.0 Å². The topological polar surface area (TPSA) is 78.4 Å². The minimum atomic E-state index is -4.13. The van der Waals surface area contributed by atoms with Crippen LogP contribution in [0, 0.1) is 26.8 Å². The summed E-state index contributed by atoms with van der Waals surface area (Å²) in [5.41, 5.74) is -0.950. The average molecular weight is 578 g/mol. The standard InChI is InChI=1S/C21H15F4IN2O3S/c22-14-4-6-18(21(20(14)25)27-17-5-1-10(26)7-16(17)24)28-32(30,31)19-9-13(19)12-3-2-11(29)8-15(12)23/h1-8,13,19,27-29H,9H2. The second-order valence-corrected chi connectivity index (χ2v) is 10.4. The molecule has 1 fully saturated rings. The highest BCUT2D eigenvalue weighted by molar-refractivity contribution is 14.1. The average Bonchev–Trinajstić information content (AvgIpc) is 3.50. The molecule has 0 saturated heterocycles. The van der Waals surface area contributed by atoms with Gasteiger partial charge in [0, 0.05) is 15.6 Å². The van der Waals surface area contributed by atoms with Crippen LogP contribution in [0.15, 0.2) is 48.5 Å². The molecule has 0 aromatic heterocycles. The van der Waals surface area contributed by atoms with Crippen LogP contribution >= 0.6 is 22.6 Å². The number of nitrogens with one attached hydrogen (secondary N) is 2. The van der Waals surface area contributed by atoms with Crippen LogP contribution < -0.4 is 10.0 Å². The second-order valence-electron chi connectivity index (χ2n) is 7.27. The molecule has 11 heteroatoms. The van der Waals surface area contributed by atoms with E-state index in [1.165, 1.54) is 30.3 Å². The Labute approximate surface area is 194 Å². The van der Waals surface area contributed by atoms with Gasteiger partial charge >= 0.3 is 0 Å². The Morgan fingerprint density at radius 2 is 1.62 bits per heavy atom.